The molecular weight excluding hydrogens is 290 g/mol. The number of halogens is 1. The average molecular weight is 306 g/mol. The summed E-state index contributed by atoms with van der Waals surface area (Å²) >= 11 is 3.32. The zero-order valence-electron chi connectivity index (χ0n) is 9.83. The van der Waals surface area contributed by atoms with Crippen LogP contribution < -0.4 is 5.14 Å². The van der Waals surface area contributed by atoms with Gasteiger partial charge in [-0.2, -0.15) is 0 Å². The molecule has 1 aromatic carbocycles. The van der Waals surface area contributed by atoms with Crippen molar-refractivity contribution in [3.8, 4) is 0 Å². The molecule has 2 N–H and O–H groups in total. The lowest BCUT2D eigenvalue weighted by molar-refractivity contribution is 0.560. The molecule has 3 nitrogen and oxygen atoms in total. The second-order valence-corrected chi connectivity index (χ2v) is 7.20. The van der Waals surface area contributed by atoms with E-state index in [0.717, 1.165) is 10.0 Å². The summed E-state index contributed by atoms with van der Waals surface area (Å²) in [5.74, 6) is 0. The summed E-state index contributed by atoms with van der Waals surface area (Å²) in [5.41, 5.74) is 1.15. The van der Waals surface area contributed by atoms with Crippen LogP contribution in [0.4, 0.5) is 0 Å². The van der Waals surface area contributed by atoms with Crippen molar-refractivity contribution in [3.05, 3.63) is 27.7 Å². The molecule has 0 aromatic heterocycles. The molecule has 0 amide bonds. The Morgan fingerprint density at radius 2 is 1.75 bits per heavy atom. The van der Waals surface area contributed by atoms with Crippen molar-refractivity contribution in [2.75, 3.05) is 0 Å². The van der Waals surface area contributed by atoms with E-state index in [-0.39, 0.29) is 10.3 Å². The topological polar surface area (TPSA) is 60.2 Å². The number of rotatable bonds is 1. The van der Waals surface area contributed by atoms with Gasteiger partial charge in [0.05, 0.1) is 4.90 Å². The Hall–Kier alpha value is -0.390. The summed E-state index contributed by atoms with van der Waals surface area (Å²) in [5, 5.41) is 5.28. The van der Waals surface area contributed by atoms with Crippen molar-refractivity contribution in [2.24, 2.45) is 5.14 Å². The lowest BCUT2D eigenvalue weighted by Crippen LogP contribution is -2.22. The van der Waals surface area contributed by atoms with Crippen LogP contribution in [0, 0.1) is 6.92 Å². The van der Waals surface area contributed by atoms with Gasteiger partial charge in [-0.05, 0) is 29.5 Å². The first-order chi connectivity index (χ1) is 7.05. The molecule has 0 heterocycles. The molecule has 0 unspecified atom stereocenters. The number of hydrogen-bond acceptors (Lipinski definition) is 2. The third-order valence-electron chi connectivity index (χ3n) is 2.43. The monoisotopic (exact) mass is 305 g/mol. The van der Waals surface area contributed by atoms with E-state index in [0.29, 0.717) is 5.56 Å². The van der Waals surface area contributed by atoms with E-state index in [1.807, 2.05) is 26.8 Å². The van der Waals surface area contributed by atoms with E-state index in [1.165, 1.54) is 0 Å². The van der Waals surface area contributed by atoms with Crippen LogP contribution in [0.25, 0.3) is 0 Å². The van der Waals surface area contributed by atoms with Crippen LogP contribution >= 0.6 is 15.9 Å². The lowest BCUT2D eigenvalue weighted by atomic mass is 9.86. The van der Waals surface area contributed by atoms with Crippen molar-refractivity contribution in [1.29, 1.82) is 0 Å². The molecule has 0 aliphatic rings. The Morgan fingerprint density at radius 3 is 2.12 bits per heavy atom. The summed E-state index contributed by atoms with van der Waals surface area (Å²) in [6.07, 6.45) is 0. The minimum atomic E-state index is -3.70. The predicted molar refractivity (Wildman–Crippen MR) is 69.0 cm³/mol. The molecule has 0 bridgehead atoms. The van der Waals surface area contributed by atoms with Crippen molar-refractivity contribution < 1.29 is 8.42 Å². The lowest BCUT2D eigenvalue weighted by Gasteiger charge is -2.23. The van der Waals surface area contributed by atoms with Crippen molar-refractivity contribution in [1.82, 2.24) is 0 Å². The SMILES string of the molecule is Cc1c(Br)ccc(C(C)(C)C)c1S(N)(=O)=O. The van der Waals surface area contributed by atoms with Gasteiger partial charge in [-0.3, -0.25) is 0 Å². The van der Waals surface area contributed by atoms with Crippen LogP contribution in [0.1, 0.15) is 31.9 Å². The summed E-state index contributed by atoms with van der Waals surface area (Å²) in [6, 6.07) is 3.65. The Kier molecular flexibility index (Phi) is 3.53. The quantitative estimate of drug-likeness (QED) is 0.867. The molecule has 0 fully saturated rings. The summed E-state index contributed by atoms with van der Waals surface area (Å²) < 4.78 is 24.0. The highest BCUT2D eigenvalue weighted by molar-refractivity contribution is 9.10. The van der Waals surface area contributed by atoms with E-state index in [2.05, 4.69) is 15.9 Å². The maximum Gasteiger partial charge on any atom is 0.238 e. The van der Waals surface area contributed by atoms with E-state index < -0.39 is 10.0 Å². The van der Waals surface area contributed by atoms with E-state index in [9.17, 15) is 8.42 Å². The van der Waals surface area contributed by atoms with Crippen LogP contribution in [-0.4, -0.2) is 8.42 Å². The molecule has 1 aromatic rings. The van der Waals surface area contributed by atoms with Gasteiger partial charge in [0.2, 0.25) is 10.0 Å². The molecule has 0 atom stereocenters. The first kappa shape index (κ1) is 13.7. The predicted octanol–water partition coefficient (Wildman–Crippen LogP) is 2.70. The van der Waals surface area contributed by atoms with Gasteiger partial charge >= 0.3 is 0 Å². The van der Waals surface area contributed by atoms with E-state index >= 15 is 0 Å². The summed E-state index contributed by atoms with van der Waals surface area (Å²) in [4.78, 5) is 0.231. The van der Waals surface area contributed by atoms with Gasteiger partial charge in [-0.25, -0.2) is 13.6 Å². The molecule has 0 aliphatic carbocycles. The third kappa shape index (κ3) is 2.64. The number of hydrogen-bond donors (Lipinski definition) is 1. The zero-order valence-corrected chi connectivity index (χ0v) is 12.2. The summed E-state index contributed by atoms with van der Waals surface area (Å²) in [7, 11) is -3.70. The highest BCUT2D eigenvalue weighted by Gasteiger charge is 2.26. The molecular formula is C11H16BrNO2S. The minimum Gasteiger partial charge on any atom is -0.225 e. The number of benzene rings is 1. The van der Waals surface area contributed by atoms with E-state index in [4.69, 9.17) is 5.14 Å². The van der Waals surface area contributed by atoms with Crippen LogP contribution in [0.2, 0.25) is 0 Å². The highest BCUT2D eigenvalue weighted by Crippen LogP contribution is 2.33. The smallest absolute Gasteiger partial charge is 0.225 e. The Morgan fingerprint density at radius 1 is 1.25 bits per heavy atom. The van der Waals surface area contributed by atoms with Gasteiger partial charge < -0.3 is 0 Å². The Balaban J connectivity index is 3.73. The molecule has 1 rings (SSSR count). The molecule has 0 radical (unpaired) electrons. The largest absolute Gasteiger partial charge is 0.238 e. The molecule has 0 spiro atoms. The fraction of sp³-hybridized carbons (Fsp3) is 0.455. The summed E-state index contributed by atoms with van der Waals surface area (Å²) in [6.45, 7) is 7.64. The fourth-order valence-electron chi connectivity index (χ4n) is 1.62. The van der Waals surface area contributed by atoms with Crippen molar-refractivity contribution in [3.63, 3.8) is 0 Å². The molecule has 90 valence electrons. The Bertz CT molecular complexity index is 516. The Labute approximate surface area is 105 Å². The first-order valence-corrected chi connectivity index (χ1v) is 7.21. The number of sulfonamides is 1. The average Bonchev–Trinajstić information content (AvgIpc) is 2.05. The normalized spacial score (nSPS) is 12.9. The molecule has 0 saturated heterocycles. The molecule has 0 saturated carbocycles. The van der Waals surface area contributed by atoms with Crippen LogP contribution in [0.5, 0.6) is 0 Å². The molecule has 0 aliphatic heterocycles. The standard InChI is InChI=1S/C11H16BrNO2S/c1-7-9(12)6-5-8(11(2,3)4)10(7)16(13,14)15/h5-6H,1-4H3,(H2,13,14,15). The molecule has 16 heavy (non-hydrogen) atoms. The van der Waals surface area contributed by atoms with Gasteiger partial charge in [-0.1, -0.05) is 42.8 Å². The van der Waals surface area contributed by atoms with Gasteiger partial charge in [-0.15, -0.1) is 0 Å². The van der Waals surface area contributed by atoms with Crippen molar-refractivity contribution >= 4 is 26.0 Å². The van der Waals surface area contributed by atoms with Gasteiger partial charge in [0.1, 0.15) is 0 Å². The van der Waals surface area contributed by atoms with Crippen LogP contribution in [-0.2, 0) is 15.4 Å². The third-order valence-corrected chi connectivity index (χ3v) is 4.39. The van der Waals surface area contributed by atoms with Crippen molar-refractivity contribution in [2.45, 2.75) is 38.0 Å². The maximum atomic E-state index is 11.6. The van der Waals surface area contributed by atoms with Gasteiger partial charge in [0.15, 0.2) is 0 Å². The first-order valence-electron chi connectivity index (χ1n) is 4.87. The maximum absolute atomic E-state index is 11.6. The second kappa shape index (κ2) is 4.13. The fourth-order valence-corrected chi connectivity index (χ4v) is 3.30. The van der Waals surface area contributed by atoms with Crippen LogP contribution in [0.15, 0.2) is 21.5 Å². The number of primary sulfonamides is 1. The van der Waals surface area contributed by atoms with E-state index in [1.54, 1.807) is 13.0 Å². The molecule has 5 heteroatoms. The second-order valence-electron chi connectivity index (χ2n) is 4.84. The van der Waals surface area contributed by atoms with Gasteiger partial charge in [0, 0.05) is 4.47 Å². The number of nitrogens with two attached hydrogens (primary N) is 1. The highest BCUT2D eigenvalue weighted by atomic mass is 79.9. The van der Waals surface area contributed by atoms with Gasteiger partial charge in [0.25, 0.3) is 0 Å². The zero-order chi connectivity index (χ0) is 12.7. The minimum absolute atomic E-state index is 0.231. The van der Waals surface area contributed by atoms with Crippen LogP contribution in [0.3, 0.4) is 0 Å².